The summed E-state index contributed by atoms with van der Waals surface area (Å²) in [6, 6.07) is 15.2. The molecule has 0 unspecified atom stereocenters. The molecule has 3 rings (SSSR count). The molecule has 0 bridgehead atoms. The van der Waals surface area contributed by atoms with Gasteiger partial charge in [-0.15, -0.1) is 0 Å². The quantitative estimate of drug-likeness (QED) is 0.439. The van der Waals surface area contributed by atoms with E-state index in [1.807, 2.05) is 24.5 Å². The van der Waals surface area contributed by atoms with Crippen molar-refractivity contribution >= 4 is 34.5 Å². The smallest absolute Gasteiger partial charge is 0.329 e. The van der Waals surface area contributed by atoms with Crippen molar-refractivity contribution in [3.05, 3.63) is 75.8 Å². The first-order chi connectivity index (χ1) is 17.2. The molecule has 9 heteroatoms. The van der Waals surface area contributed by atoms with Gasteiger partial charge < -0.3 is 10.1 Å². The third-order valence-electron chi connectivity index (χ3n) is 5.73. The predicted molar refractivity (Wildman–Crippen MR) is 141 cm³/mol. The minimum absolute atomic E-state index is 0.0388. The van der Waals surface area contributed by atoms with Gasteiger partial charge in [-0.3, -0.25) is 14.2 Å². The van der Waals surface area contributed by atoms with Gasteiger partial charge in [-0.1, -0.05) is 45.0 Å². The highest BCUT2D eigenvalue weighted by molar-refractivity contribution is 7.98. The van der Waals surface area contributed by atoms with Gasteiger partial charge in [-0.25, -0.2) is 9.78 Å². The van der Waals surface area contributed by atoms with Gasteiger partial charge >= 0.3 is 5.97 Å². The number of rotatable bonds is 9. The number of hydrogen-bond donors (Lipinski definition) is 1. The van der Waals surface area contributed by atoms with Crippen molar-refractivity contribution < 1.29 is 14.3 Å². The van der Waals surface area contributed by atoms with Crippen molar-refractivity contribution in [3.8, 4) is 6.07 Å². The number of fused-ring (bicyclic) bond motifs is 1. The number of esters is 1. The van der Waals surface area contributed by atoms with Crippen LogP contribution in [-0.4, -0.2) is 39.5 Å². The molecule has 1 heterocycles. The molecule has 1 atom stereocenters. The van der Waals surface area contributed by atoms with Crippen LogP contribution >= 0.6 is 11.8 Å². The lowest BCUT2D eigenvalue weighted by atomic mass is 9.86. The lowest BCUT2D eigenvalue weighted by molar-refractivity contribution is -0.147. The summed E-state index contributed by atoms with van der Waals surface area (Å²) in [4.78, 5) is 43.1. The Morgan fingerprint density at radius 3 is 2.50 bits per heavy atom. The molecule has 0 aliphatic carbocycles. The fourth-order valence-corrected chi connectivity index (χ4v) is 4.11. The molecule has 1 N–H and O–H groups in total. The van der Waals surface area contributed by atoms with Crippen LogP contribution < -0.4 is 10.9 Å². The van der Waals surface area contributed by atoms with E-state index in [4.69, 9.17) is 4.74 Å². The number of carbonyl (C=O) groups excluding carboxylic acids is 2. The molecule has 0 fully saturated rings. The third kappa shape index (κ3) is 6.52. The van der Waals surface area contributed by atoms with Crippen LogP contribution in [0.2, 0.25) is 0 Å². The maximum absolute atomic E-state index is 13.0. The summed E-state index contributed by atoms with van der Waals surface area (Å²) in [5, 5.41) is 12.3. The van der Waals surface area contributed by atoms with Crippen LogP contribution in [-0.2, 0) is 28.1 Å². The Morgan fingerprint density at radius 2 is 1.86 bits per heavy atom. The molecule has 8 nitrogen and oxygen atoms in total. The summed E-state index contributed by atoms with van der Waals surface area (Å²) in [6.45, 7) is 5.76. The minimum Gasteiger partial charge on any atom is -0.456 e. The van der Waals surface area contributed by atoms with Crippen molar-refractivity contribution in [1.82, 2.24) is 14.9 Å². The lowest BCUT2D eigenvalue weighted by Gasteiger charge is -2.20. The second kappa shape index (κ2) is 11.9. The lowest BCUT2D eigenvalue weighted by Crippen LogP contribution is -2.42. The summed E-state index contributed by atoms with van der Waals surface area (Å²) < 4.78 is 6.68. The van der Waals surface area contributed by atoms with Gasteiger partial charge in [0.05, 0.1) is 17.0 Å². The summed E-state index contributed by atoms with van der Waals surface area (Å²) in [6.07, 6.45) is 2.29. The monoisotopic (exact) mass is 506 g/mol. The number of nitrogens with one attached hydrogen (secondary N) is 1. The normalized spacial score (nSPS) is 12.1. The summed E-state index contributed by atoms with van der Waals surface area (Å²) in [5.41, 5.74) is 1.59. The van der Waals surface area contributed by atoms with Gasteiger partial charge in [0.15, 0.2) is 5.82 Å². The molecule has 0 saturated heterocycles. The van der Waals surface area contributed by atoms with Crippen LogP contribution in [0.4, 0.5) is 0 Å². The van der Waals surface area contributed by atoms with Crippen molar-refractivity contribution in [2.45, 2.75) is 51.8 Å². The second-order valence-corrected chi connectivity index (χ2v) is 10.3. The Labute approximate surface area is 214 Å². The first-order valence-corrected chi connectivity index (χ1v) is 13.0. The molecule has 188 valence electrons. The van der Waals surface area contributed by atoms with E-state index in [-0.39, 0.29) is 35.9 Å². The minimum atomic E-state index is -0.871. The van der Waals surface area contributed by atoms with Gasteiger partial charge in [0.2, 0.25) is 0 Å². The zero-order valence-electron chi connectivity index (χ0n) is 20.9. The fraction of sp³-hybridized carbons (Fsp3) is 0.370. The average molecular weight is 507 g/mol. The van der Waals surface area contributed by atoms with Crippen LogP contribution in [0.1, 0.15) is 48.9 Å². The van der Waals surface area contributed by atoms with Crippen molar-refractivity contribution in [3.63, 3.8) is 0 Å². The first-order valence-electron chi connectivity index (χ1n) is 11.6. The number of benzene rings is 2. The standard InChI is InChI=1S/C27H30N4O4S/c1-27(2,3)19-11-9-18(10-12-19)24(32)30-22(13-16-36-4)26(34)35-17-23-29-21-8-6-5-7-20(21)25(33)31(23)15-14-28/h5-12,22H,13,15-17H2,1-4H3,(H,30,32)/t22-/m0/s1. The first kappa shape index (κ1) is 27.0. The zero-order valence-corrected chi connectivity index (χ0v) is 21.7. The molecule has 1 aromatic heterocycles. The molecular weight excluding hydrogens is 476 g/mol. The fourth-order valence-electron chi connectivity index (χ4n) is 3.64. The number of nitriles is 1. The Balaban J connectivity index is 1.77. The molecular formula is C27H30N4O4S. The number of ether oxygens (including phenoxy) is 1. The molecule has 2 aromatic carbocycles. The number of aromatic nitrogens is 2. The van der Waals surface area contributed by atoms with E-state index in [1.165, 1.54) is 4.57 Å². The number of nitrogens with zero attached hydrogens (tertiary/aromatic N) is 3. The number of amides is 1. The third-order valence-corrected chi connectivity index (χ3v) is 6.37. The van der Waals surface area contributed by atoms with Crippen LogP contribution in [0, 0.1) is 11.3 Å². The Morgan fingerprint density at radius 1 is 1.17 bits per heavy atom. The van der Waals surface area contributed by atoms with E-state index in [2.05, 4.69) is 31.1 Å². The Hall–Kier alpha value is -3.64. The van der Waals surface area contributed by atoms with E-state index in [0.717, 1.165) is 5.56 Å². The van der Waals surface area contributed by atoms with Gasteiger partial charge in [-0.2, -0.15) is 17.0 Å². The van der Waals surface area contributed by atoms with Gasteiger partial charge in [0.25, 0.3) is 11.5 Å². The van der Waals surface area contributed by atoms with E-state index < -0.39 is 12.0 Å². The van der Waals surface area contributed by atoms with Crippen LogP contribution in [0.25, 0.3) is 10.9 Å². The number of carbonyl (C=O) groups is 2. The highest BCUT2D eigenvalue weighted by Crippen LogP contribution is 2.22. The molecule has 0 aliphatic rings. The predicted octanol–water partition coefficient (Wildman–Crippen LogP) is 3.81. The van der Waals surface area contributed by atoms with Crippen LogP contribution in [0.3, 0.4) is 0 Å². The molecule has 36 heavy (non-hydrogen) atoms. The van der Waals surface area contributed by atoms with Gasteiger partial charge in [-0.05, 0) is 53.7 Å². The molecule has 0 spiro atoms. The number of para-hydroxylation sites is 1. The summed E-state index contributed by atoms with van der Waals surface area (Å²) in [7, 11) is 0. The number of thioether (sulfide) groups is 1. The highest BCUT2D eigenvalue weighted by atomic mass is 32.2. The van der Waals surface area contributed by atoms with E-state index in [0.29, 0.717) is 28.6 Å². The van der Waals surface area contributed by atoms with Crippen molar-refractivity contribution in [2.75, 3.05) is 12.0 Å². The molecule has 0 saturated carbocycles. The SMILES string of the molecule is CSCC[C@H](NC(=O)c1ccc(C(C)(C)C)cc1)C(=O)OCc1nc2ccccc2c(=O)n1CC#N. The zero-order chi connectivity index (χ0) is 26.3. The topological polar surface area (TPSA) is 114 Å². The molecule has 1 amide bonds. The van der Waals surface area contributed by atoms with Gasteiger partial charge in [0, 0.05) is 5.56 Å². The highest BCUT2D eigenvalue weighted by Gasteiger charge is 2.24. The van der Waals surface area contributed by atoms with Gasteiger partial charge in [0.1, 0.15) is 19.2 Å². The summed E-state index contributed by atoms with van der Waals surface area (Å²) in [5.74, 6) is -0.198. The largest absolute Gasteiger partial charge is 0.456 e. The van der Waals surface area contributed by atoms with Crippen LogP contribution in [0.5, 0.6) is 0 Å². The van der Waals surface area contributed by atoms with Crippen molar-refractivity contribution in [1.29, 1.82) is 5.26 Å². The molecule has 0 radical (unpaired) electrons. The maximum Gasteiger partial charge on any atom is 0.329 e. The molecule has 3 aromatic rings. The van der Waals surface area contributed by atoms with E-state index in [1.54, 1.807) is 48.2 Å². The maximum atomic E-state index is 13.0. The van der Waals surface area contributed by atoms with Crippen molar-refractivity contribution in [2.24, 2.45) is 0 Å². The Bertz CT molecular complexity index is 1340. The number of hydrogen-bond acceptors (Lipinski definition) is 7. The second-order valence-electron chi connectivity index (χ2n) is 9.34. The van der Waals surface area contributed by atoms with E-state index in [9.17, 15) is 19.6 Å². The summed E-state index contributed by atoms with van der Waals surface area (Å²) >= 11 is 1.55. The average Bonchev–Trinajstić information content (AvgIpc) is 2.86. The van der Waals surface area contributed by atoms with Crippen LogP contribution in [0.15, 0.2) is 53.3 Å². The van der Waals surface area contributed by atoms with E-state index >= 15 is 0 Å². The Kier molecular flexibility index (Phi) is 8.88. The molecule has 0 aliphatic heterocycles.